The number of carboxylic acids is 1. The van der Waals surface area contributed by atoms with E-state index in [1.807, 2.05) is 0 Å². The van der Waals surface area contributed by atoms with Crippen molar-refractivity contribution in [1.29, 1.82) is 0 Å². The van der Waals surface area contributed by atoms with E-state index < -0.39 is 29.1 Å². The molecule has 0 aliphatic heterocycles. The monoisotopic (exact) mass is 263 g/mol. The number of anilines is 1. The molecule has 0 aromatic heterocycles. The second-order valence-corrected chi connectivity index (χ2v) is 4.20. The Balaban J connectivity index is 2.24. The lowest BCUT2D eigenvalue weighted by Gasteiger charge is -2.15. The summed E-state index contributed by atoms with van der Waals surface area (Å²) in [6.07, 6.45) is -3.98. The van der Waals surface area contributed by atoms with Crippen LogP contribution in [0.1, 0.15) is 18.4 Å². The van der Waals surface area contributed by atoms with Crippen LogP contribution in [-0.4, -0.2) is 16.6 Å². The standard InChI is InChI=1S/C11H9F4NO2/c12-7-5-6(11(13,14)15)1-2-8(7)16-10(3-4-10)9(17)18/h1-2,5,16H,3-4H2,(H,17,18). The molecule has 0 unspecified atom stereocenters. The van der Waals surface area contributed by atoms with Crippen molar-refractivity contribution in [3.05, 3.63) is 29.6 Å². The number of rotatable bonds is 3. The number of carboxylic acid groups (broad SMARTS) is 1. The molecule has 1 fully saturated rings. The predicted molar refractivity (Wildman–Crippen MR) is 54.6 cm³/mol. The Bertz CT molecular complexity index is 494. The van der Waals surface area contributed by atoms with E-state index in [-0.39, 0.29) is 5.69 Å². The second-order valence-electron chi connectivity index (χ2n) is 4.20. The second kappa shape index (κ2) is 3.86. The Hall–Kier alpha value is -1.79. The quantitative estimate of drug-likeness (QED) is 0.824. The fourth-order valence-corrected chi connectivity index (χ4v) is 1.57. The highest BCUT2D eigenvalue weighted by Gasteiger charge is 2.50. The van der Waals surface area contributed by atoms with Gasteiger partial charge in [-0.3, -0.25) is 0 Å². The molecule has 0 radical (unpaired) electrons. The van der Waals surface area contributed by atoms with Crippen molar-refractivity contribution in [1.82, 2.24) is 0 Å². The largest absolute Gasteiger partial charge is 0.480 e. The van der Waals surface area contributed by atoms with E-state index >= 15 is 0 Å². The van der Waals surface area contributed by atoms with Gasteiger partial charge in [0.25, 0.3) is 0 Å². The van der Waals surface area contributed by atoms with Gasteiger partial charge in [0.1, 0.15) is 11.4 Å². The lowest BCUT2D eigenvalue weighted by Crippen LogP contribution is -2.31. The molecule has 0 heterocycles. The molecule has 1 saturated carbocycles. The van der Waals surface area contributed by atoms with Crippen molar-refractivity contribution < 1.29 is 27.5 Å². The summed E-state index contributed by atoms with van der Waals surface area (Å²) in [5.41, 5.74) is -2.57. The first kappa shape index (κ1) is 12.7. The third-order valence-electron chi connectivity index (χ3n) is 2.83. The minimum absolute atomic E-state index is 0.233. The van der Waals surface area contributed by atoms with Crippen LogP contribution < -0.4 is 5.32 Å². The maximum absolute atomic E-state index is 13.4. The smallest absolute Gasteiger partial charge is 0.416 e. The summed E-state index contributed by atoms with van der Waals surface area (Å²) in [5, 5.41) is 11.3. The molecule has 2 rings (SSSR count). The molecule has 1 aromatic rings. The summed E-state index contributed by atoms with van der Waals surface area (Å²) in [4.78, 5) is 10.9. The number of halogens is 4. The van der Waals surface area contributed by atoms with Gasteiger partial charge in [-0.25, -0.2) is 9.18 Å². The third-order valence-corrected chi connectivity index (χ3v) is 2.83. The van der Waals surface area contributed by atoms with Crippen LogP contribution in [0.4, 0.5) is 23.2 Å². The lowest BCUT2D eigenvalue weighted by atomic mass is 10.1. The fraction of sp³-hybridized carbons (Fsp3) is 0.364. The Morgan fingerprint density at radius 2 is 1.94 bits per heavy atom. The van der Waals surface area contributed by atoms with Gasteiger partial charge in [0.15, 0.2) is 0 Å². The van der Waals surface area contributed by atoms with Crippen LogP contribution in [0, 0.1) is 5.82 Å². The number of hydrogen-bond donors (Lipinski definition) is 2. The van der Waals surface area contributed by atoms with Crippen LogP contribution in [0.5, 0.6) is 0 Å². The molecule has 1 aliphatic rings. The number of carbonyl (C=O) groups is 1. The summed E-state index contributed by atoms with van der Waals surface area (Å²) < 4.78 is 50.3. The molecule has 0 bridgehead atoms. The van der Waals surface area contributed by atoms with Gasteiger partial charge in [-0.05, 0) is 31.0 Å². The number of benzene rings is 1. The van der Waals surface area contributed by atoms with Crippen LogP contribution in [0.15, 0.2) is 18.2 Å². The molecule has 0 spiro atoms. The van der Waals surface area contributed by atoms with Gasteiger partial charge in [0.2, 0.25) is 0 Å². The maximum Gasteiger partial charge on any atom is 0.416 e. The van der Waals surface area contributed by atoms with Crippen LogP contribution in [0.3, 0.4) is 0 Å². The average molecular weight is 263 g/mol. The molecular formula is C11H9F4NO2. The highest BCUT2D eigenvalue weighted by molar-refractivity contribution is 5.86. The van der Waals surface area contributed by atoms with Gasteiger partial charge >= 0.3 is 12.1 Å². The molecule has 0 atom stereocenters. The van der Waals surface area contributed by atoms with E-state index in [1.54, 1.807) is 0 Å². The summed E-state index contributed by atoms with van der Waals surface area (Å²) in [6.45, 7) is 0. The Labute approximate surface area is 99.4 Å². The molecule has 18 heavy (non-hydrogen) atoms. The average Bonchev–Trinajstić information content (AvgIpc) is 3.00. The van der Waals surface area contributed by atoms with Gasteiger partial charge in [-0.1, -0.05) is 0 Å². The summed E-state index contributed by atoms with van der Waals surface area (Å²) >= 11 is 0. The van der Waals surface area contributed by atoms with Crippen molar-refractivity contribution in [3.63, 3.8) is 0 Å². The molecule has 1 aromatic carbocycles. The molecule has 98 valence electrons. The van der Waals surface area contributed by atoms with Gasteiger partial charge in [-0.15, -0.1) is 0 Å². The maximum atomic E-state index is 13.4. The van der Waals surface area contributed by atoms with Gasteiger partial charge in [0, 0.05) is 0 Å². The Kier molecular flexibility index (Phi) is 2.71. The zero-order valence-corrected chi connectivity index (χ0v) is 9.01. The lowest BCUT2D eigenvalue weighted by molar-refractivity contribution is -0.139. The highest BCUT2D eigenvalue weighted by Crippen LogP contribution is 2.40. The first-order valence-electron chi connectivity index (χ1n) is 5.13. The minimum atomic E-state index is -4.62. The van der Waals surface area contributed by atoms with Crippen LogP contribution in [0.2, 0.25) is 0 Å². The molecule has 3 nitrogen and oxygen atoms in total. The molecule has 0 amide bonds. The predicted octanol–water partition coefficient (Wildman–Crippen LogP) is 2.87. The normalized spacial score (nSPS) is 17.3. The SMILES string of the molecule is O=C(O)C1(Nc2ccc(C(F)(F)F)cc2F)CC1. The molecule has 7 heteroatoms. The topological polar surface area (TPSA) is 49.3 Å². The van der Waals surface area contributed by atoms with Crippen LogP contribution in [0.25, 0.3) is 0 Å². The number of aliphatic carboxylic acids is 1. The van der Waals surface area contributed by atoms with E-state index in [0.717, 1.165) is 6.07 Å². The van der Waals surface area contributed by atoms with E-state index in [9.17, 15) is 22.4 Å². The summed E-state index contributed by atoms with van der Waals surface area (Å²) in [5.74, 6) is -2.25. The van der Waals surface area contributed by atoms with Crippen molar-refractivity contribution in [3.8, 4) is 0 Å². The summed E-state index contributed by atoms with van der Waals surface area (Å²) in [6, 6.07) is 1.96. The van der Waals surface area contributed by atoms with Gasteiger partial charge in [0.05, 0.1) is 11.3 Å². The van der Waals surface area contributed by atoms with Gasteiger partial charge in [-0.2, -0.15) is 13.2 Å². The van der Waals surface area contributed by atoms with Crippen LogP contribution >= 0.6 is 0 Å². The number of nitrogens with one attached hydrogen (secondary N) is 1. The van der Waals surface area contributed by atoms with Crippen molar-refractivity contribution in [2.24, 2.45) is 0 Å². The minimum Gasteiger partial charge on any atom is -0.480 e. The first-order valence-corrected chi connectivity index (χ1v) is 5.13. The molecule has 1 aliphatic carbocycles. The van der Waals surface area contributed by atoms with Crippen molar-refractivity contribution in [2.75, 3.05) is 5.32 Å². The van der Waals surface area contributed by atoms with E-state index in [1.165, 1.54) is 0 Å². The fourth-order valence-electron chi connectivity index (χ4n) is 1.57. The molecular weight excluding hydrogens is 254 g/mol. The summed E-state index contributed by atoms with van der Waals surface area (Å²) in [7, 11) is 0. The third kappa shape index (κ3) is 2.25. The van der Waals surface area contributed by atoms with E-state index in [4.69, 9.17) is 5.11 Å². The first-order chi connectivity index (χ1) is 8.24. The molecule has 0 saturated heterocycles. The van der Waals surface area contributed by atoms with Gasteiger partial charge < -0.3 is 10.4 Å². The Morgan fingerprint density at radius 3 is 2.33 bits per heavy atom. The van der Waals surface area contributed by atoms with Crippen molar-refractivity contribution >= 4 is 11.7 Å². The number of hydrogen-bond acceptors (Lipinski definition) is 2. The number of alkyl halides is 3. The zero-order valence-electron chi connectivity index (χ0n) is 9.01. The van der Waals surface area contributed by atoms with E-state index in [2.05, 4.69) is 5.32 Å². The zero-order chi connectivity index (χ0) is 13.6. The Morgan fingerprint density at radius 1 is 1.33 bits per heavy atom. The van der Waals surface area contributed by atoms with E-state index in [0.29, 0.717) is 25.0 Å². The highest BCUT2D eigenvalue weighted by atomic mass is 19.4. The van der Waals surface area contributed by atoms with Crippen molar-refractivity contribution in [2.45, 2.75) is 24.6 Å². The van der Waals surface area contributed by atoms with Crippen LogP contribution in [-0.2, 0) is 11.0 Å². The molecule has 2 N–H and O–H groups in total.